The Bertz CT molecular complexity index is 1130. The highest BCUT2D eigenvalue weighted by Gasteiger charge is 2.38. The van der Waals surface area contributed by atoms with E-state index in [-0.39, 0.29) is 17.2 Å². The van der Waals surface area contributed by atoms with Gasteiger partial charge < -0.3 is 10.2 Å². The number of carbonyl (C=O) groups excluding carboxylic acids is 1. The average Bonchev–Trinajstić information content (AvgIpc) is 3.17. The minimum atomic E-state index is -4.71. The average molecular weight is 458 g/mol. The number of rotatable bonds is 3. The summed E-state index contributed by atoms with van der Waals surface area (Å²) in [6.45, 7) is 0.672. The fraction of sp³-hybridized carbons (Fsp3) is 0.368. The molecule has 0 radical (unpaired) electrons. The highest BCUT2D eigenvalue weighted by atomic mass is 19.4. The maximum absolute atomic E-state index is 13.1. The number of nitrogens with zero attached hydrogens (tertiary/aromatic N) is 5. The summed E-state index contributed by atoms with van der Waals surface area (Å²) < 4.78 is 78.3. The Morgan fingerprint density at radius 2 is 1.69 bits per heavy atom. The largest absolute Gasteiger partial charge is 0.453 e. The van der Waals surface area contributed by atoms with Gasteiger partial charge in [0.2, 0.25) is 5.91 Å². The van der Waals surface area contributed by atoms with E-state index in [1.807, 2.05) is 0 Å². The first-order chi connectivity index (χ1) is 15.0. The third-order valence-electron chi connectivity index (χ3n) is 5.15. The summed E-state index contributed by atoms with van der Waals surface area (Å²) in [5.74, 6) is -1.82. The highest BCUT2D eigenvalue weighted by molar-refractivity contribution is 5.92. The van der Waals surface area contributed by atoms with Gasteiger partial charge in [-0.3, -0.25) is 4.79 Å². The predicted molar refractivity (Wildman–Crippen MR) is 101 cm³/mol. The third-order valence-corrected chi connectivity index (χ3v) is 5.15. The van der Waals surface area contributed by atoms with Gasteiger partial charge in [0.25, 0.3) is 5.82 Å². The molecular formula is C19H16F6N6O. The Morgan fingerprint density at radius 3 is 2.34 bits per heavy atom. The van der Waals surface area contributed by atoms with Crippen molar-refractivity contribution in [1.82, 2.24) is 19.8 Å². The number of nitrogens with one attached hydrogen (secondary N) is 1. The molecule has 2 aromatic heterocycles. The molecule has 3 aromatic rings. The van der Waals surface area contributed by atoms with Crippen LogP contribution in [0.4, 0.5) is 37.8 Å². The van der Waals surface area contributed by atoms with Crippen molar-refractivity contribution < 1.29 is 31.1 Å². The van der Waals surface area contributed by atoms with Crippen molar-refractivity contribution >= 4 is 23.1 Å². The summed E-state index contributed by atoms with van der Waals surface area (Å²) in [5.41, 5.74) is -0.859. The molecule has 0 bridgehead atoms. The lowest BCUT2D eigenvalue weighted by atomic mass is 9.95. The van der Waals surface area contributed by atoms with Gasteiger partial charge in [0.05, 0.1) is 5.56 Å². The number of alkyl halides is 6. The van der Waals surface area contributed by atoms with Crippen molar-refractivity contribution in [1.29, 1.82) is 0 Å². The van der Waals surface area contributed by atoms with E-state index in [1.165, 1.54) is 24.3 Å². The third kappa shape index (κ3) is 4.46. The van der Waals surface area contributed by atoms with Crippen molar-refractivity contribution in [3.8, 4) is 0 Å². The SMILES string of the molecule is O=C(Nc1cccc(C(F)(F)F)c1)C1CCN(c2ccc3nnc(C(F)(F)F)n3n2)CC1. The van der Waals surface area contributed by atoms with E-state index in [2.05, 4.69) is 20.6 Å². The van der Waals surface area contributed by atoms with Gasteiger partial charge in [0.15, 0.2) is 5.65 Å². The molecule has 13 heteroatoms. The molecule has 7 nitrogen and oxygen atoms in total. The Balaban J connectivity index is 1.41. The number of piperidine rings is 1. The second kappa shape index (κ2) is 7.95. The quantitative estimate of drug-likeness (QED) is 0.601. The van der Waals surface area contributed by atoms with Crippen molar-refractivity contribution in [2.45, 2.75) is 25.2 Å². The molecule has 3 heterocycles. The molecule has 0 aliphatic carbocycles. The van der Waals surface area contributed by atoms with Crippen LogP contribution >= 0.6 is 0 Å². The van der Waals surface area contributed by atoms with Gasteiger partial charge in [-0.1, -0.05) is 6.07 Å². The van der Waals surface area contributed by atoms with Crippen LogP contribution < -0.4 is 10.2 Å². The van der Waals surface area contributed by atoms with Crippen molar-refractivity contribution in [2.75, 3.05) is 23.3 Å². The fourth-order valence-corrected chi connectivity index (χ4v) is 3.51. The van der Waals surface area contributed by atoms with Gasteiger partial charge in [-0.15, -0.1) is 15.3 Å². The van der Waals surface area contributed by atoms with Gasteiger partial charge in [0.1, 0.15) is 5.82 Å². The number of hydrogen-bond acceptors (Lipinski definition) is 5. The molecule has 1 aliphatic heterocycles. The molecule has 1 N–H and O–H groups in total. The molecule has 0 spiro atoms. The molecule has 1 saturated heterocycles. The molecule has 0 unspecified atom stereocenters. The van der Waals surface area contributed by atoms with Gasteiger partial charge in [0, 0.05) is 24.7 Å². The van der Waals surface area contributed by atoms with Crippen molar-refractivity contribution in [3.05, 3.63) is 47.8 Å². The van der Waals surface area contributed by atoms with Crippen molar-refractivity contribution in [2.24, 2.45) is 5.92 Å². The molecule has 0 saturated carbocycles. The Morgan fingerprint density at radius 1 is 0.969 bits per heavy atom. The summed E-state index contributed by atoms with van der Waals surface area (Å²) in [5, 5.41) is 13.1. The lowest BCUT2D eigenvalue weighted by Gasteiger charge is -2.32. The van der Waals surface area contributed by atoms with E-state index < -0.39 is 35.6 Å². The van der Waals surface area contributed by atoms with E-state index in [1.54, 1.807) is 4.90 Å². The molecule has 1 fully saturated rings. The molecule has 170 valence electrons. The maximum Gasteiger partial charge on any atom is 0.453 e. The lowest BCUT2D eigenvalue weighted by molar-refractivity contribution is -0.146. The van der Waals surface area contributed by atoms with E-state index in [0.717, 1.165) is 12.1 Å². The van der Waals surface area contributed by atoms with E-state index in [0.29, 0.717) is 30.4 Å². The number of carbonyl (C=O) groups is 1. The lowest BCUT2D eigenvalue weighted by Crippen LogP contribution is -2.38. The molecule has 1 aromatic carbocycles. The highest BCUT2D eigenvalue weighted by Crippen LogP contribution is 2.31. The number of fused-ring (bicyclic) bond motifs is 1. The van der Waals surface area contributed by atoms with Crippen LogP contribution in [-0.4, -0.2) is 38.8 Å². The zero-order valence-corrected chi connectivity index (χ0v) is 16.3. The second-order valence-electron chi connectivity index (χ2n) is 7.31. The number of hydrogen-bond donors (Lipinski definition) is 1. The first-order valence-corrected chi connectivity index (χ1v) is 9.55. The Hall–Kier alpha value is -3.38. The molecule has 0 atom stereocenters. The van der Waals surface area contributed by atoms with E-state index in [4.69, 9.17) is 0 Å². The smallest absolute Gasteiger partial charge is 0.355 e. The molecule has 1 amide bonds. The molecular weight excluding hydrogens is 442 g/mol. The first-order valence-electron chi connectivity index (χ1n) is 9.55. The predicted octanol–water partition coefficient (Wildman–Crippen LogP) is 4.02. The topological polar surface area (TPSA) is 75.4 Å². The minimum absolute atomic E-state index is 0.0450. The summed E-state index contributed by atoms with van der Waals surface area (Å²) in [7, 11) is 0. The standard InChI is InChI=1S/C19H16F6N6O/c20-18(21,22)12-2-1-3-13(10-12)26-16(32)11-6-8-30(9-7-11)15-5-4-14-27-28-17(19(23,24)25)31(14)29-15/h1-5,10-11H,6-9H2,(H,26,32). The van der Waals surface area contributed by atoms with Gasteiger partial charge in [-0.25, -0.2) is 0 Å². The number of benzene rings is 1. The van der Waals surface area contributed by atoms with Crippen LogP contribution in [0.1, 0.15) is 24.2 Å². The van der Waals surface area contributed by atoms with Gasteiger partial charge in [-0.2, -0.15) is 30.9 Å². The molecule has 32 heavy (non-hydrogen) atoms. The number of anilines is 2. The number of amides is 1. The molecule has 1 aliphatic rings. The van der Waals surface area contributed by atoms with E-state index in [9.17, 15) is 31.1 Å². The summed E-state index contributed by atoms with van der Waals surface area (Å²) in [6.07, 6.45) is -8.51. The molecule has 4 rings (SSSR count). The van der Waals surface area contributed by atoms with Crippen LogP contribution in [0.15, 0.2) is 36.4 Å². The monoisotopic (exact) mass is 458 g/mol. The Kier molecular flexibility index (Phi) is 5.42. The first kappa shape index (κ1) is 21.8. The summed E-state index contributed by atoms with van der Waals surface area (Å²) in [6, 6.07) is 7.26. The second-order valence-corrected chi connectivity index (χ2v) is 7.31. The van der Waals surface area contributed by atoms with Gasteiger partial charge >= 0.3 is 12.4 Å². The minimum Gasteiger partial charge on any atom is -0.355 e. The van der Waals surface area contributed by atoms with Crippen LogP contribution in [0.25, 0.3) is 5.65 Å². The van der Waals surface area contributed by atoms with Crippen molar-refractivity contribution in [3.63, 3.8) is 0 Å². The zero-order valence-electron chi connectivity index (χ0n) is 16.3. The van der Waals surface area contributed by atoms with Crippen LogP contribution in [0.5, 0.6) is 0 Å². The summed E-state index contributed by atoms with van der Waals surface area (Å²) >= 11 is 0. The van der Waals surface area contributed by atoms with Crippen LogP contribution in [0.3, 0.4) is 0 Å². The summed E-state index contributed by atoms with van der Waals surface area (Å²) in [4.78, 5) is 14.2. The Labute approximate surface area is 177 Å². The van der Waals surface area contributed by atoms with E-state index >= 15 is 0 Å². The number of halogens is 6. The van der Waals surface area contributed by atoms with Gasteiger partial charge in [-0.05, 0) is 43.2 Å². The fourth-order valence-electron chi connectivity index (χ4n) is 3.51. The zero-order chi connectivity index (χ0) is 23.1. The van der Waals surface area contributed by atoms with Crippen LogP contribution in [-0.2, 0) is 17.1 Å². The van der Waals surface area contributed by atoms with Crippen LogP contribution in [0, 0.1) is 5.92 Å². The maximum atomic E-state index is 13.1. The number of aromatic nitrogens is 4. The normalized spacial score (nSPS) is 15.9. The van der Waals surface area contributed by atoms with Crippen LogP contribution in [0.2, 0.25) is 0 Å².